The Balaban J connectivity index is 1.85. The quantitative estimate of drug-likeness (QED) is 0.427. The van der Waals surface area contributed by atoms with Crippen LogP contribution in [0.1, 0.15) is 57.4 Å². The van der Waals surface area contributed by atoms with E-state index in [4.69, 9.17) is 16.3 Å². The van der Waals surface area contributed by atoms with E-state index < -0.39 is 16.9 Å². The van der Waals surface area contributed by atoms with Gasteiger partial charge >= 0.3 is 5.97 Å². The lowest BCUT2D eigenvalue weighted by Gasteiger charge is -2.32. The van der Waals surface area contributed by atoms with Crippen molar-refractivity contribution in [2.45, 2.75) is 64.3 Å². The van der Waals surface area contributed by atoms with Gasteiger partial charge in [0, 0.05) is 12.0 Å². The molecule has 2 N–H and O–H groups in total. The molecular weight excluding hydrogens is 378 g/mol. The van der Waals surface area contributed by atoms with E-state index in [9.17, 15) is 14.7 Å². The number of rotatable bonds is 10. The molecule has 1 fully saturated rings. The first-order chi connectivity index (χ1) is 13.3. The minimum atomic E-state index is -0.823. The van der Waals surface area contributed by atoms with Crippen molar-refractivity contribution in [3.8, 4) is 5.75 Å². The molecule has 28 heavy (non-hydrogen) atoms. The number of allylic oxidation sites excluding steroid dienone is 1. The second-order valence-electron chi connectivity index (χ2n) is 7.82. The predicted molar refractivity (Wildman–Crippen MR) is 111 cm³/mol. The number of aliphatic carboxylic acids is 1. The molecule has 0 saturated heterocycles. The maximum atomic E-state index is 12.5. The van der Waals surface area contributed by atoms with Crippen molar-refractivity contribution in [1.82, 2.24) is 5.32 Å². The van der Waals surface area contributed by atoms with Crippen LogP contribution in [0.4, 0.5) is 0 Å². The van der Waals surface area contributed by atoms with Crippen molar-refractivity contribution in [3.05, 3.63) is 41.4 Å². The summed E-state index contributed by atoms with van der Waals surface area (Å²) in [6, 6.07) is 5.59. The third-order valence-corrected chi connectivity index (χ3v) is 6.02. The van der Waals surface area contributed by atoms with Crippen LogP contribution in [-0.4, -0.2) is 29.1 Å². The van der Waals surface area contributed by atoms with Gasteiger partial charge < -0.3 is 15.2 Å². The Bertz CT molecular complexity index is 735. The largest absolute Gasteiger partial charge is 0.492 e. The minimum absolute atomic E-state index is 0.0692. The molecule has 0 bridgehead atoms. The molecule has 2 rings (SSSR count). The van der Waals surface area contributed by atoms with Gasteiger partial charge in [0.25, 0.3) is 0 Å². The molecule has 1 saturated carbocycles. The number of halogens is 1. The normalized spacial score (nSPS) is 24.0. The average molecular weight is 408 g/mol. The number of benzene rings is 1. The minimum Gasteiger partial charge on any atom is -0.492 e. The number of carbonyl (C=O) groups is 2. The summed E-state index contributed by atoms with van der Waals surface area (Å²) in [7, 11) is 0. The summed E-state index contributed by atoms with van der Waals surface area (Å²) in [5, 5.41) is 13.4. The highest BCUT2D eigenvalue weighted by molar-refractivity contribution is 6.32. The standard InChI is InChI=1S/C22H30ClNO4/c1-4-10-21(20(26)27)11-12-22(5-2,15-21)24-19(25)7-6-13-28-18-9-8-16(3)14-17(18)23/h4,8-9,14H,1,5-7,10-13,15H2,2-3H3,(H,24,25)(H,26,27). The van der Waals surface area contributed by atoms with Crippen molar-refractivity contribution in [3.63, 3.8) is 0 Å². The first-order valence-corrected chi connectivity index (χ1v) is 10.2. The van der Waals surface area contributed by atoms with Gasteiger partial charge in [-0.1, -0.05) is 30.7 Å². The van der Waals surface area contributed by atoms with Gasteiger partial charge in [-0.3, -0.25) is 9.59 Å². The molecule has 1 aliphatic carbocycles. The second-order valence-corrected chi connectivity index (χ2v) is 8.23. The number of amides is 1. The molecule has 0 heterocycles. The SMILES string of the molecule is C=CCC1(C(=O)O)CCC(CC)(NC(=O)CCCOc2ccc(C)cc2Cl)C1. The molecule has 1 aromatic rings. The molecule has 2 unspecified atom stereocenters. The van der Waals surface area contributed by atoms with Crippen molar-refractivity contribution < 1.29 is 19.4 Å². The number of hydrogen-bond acceptors (Lipinski definition) is 3. The Labute approximate surface area is 172 Å². The van der Waals surface area contributed by atoms with Crippen LogP contribution >= 0.6 is 11.6 Å². The van der Waals surface area contributed by atoms with Crippen LogP contribution < -0.4 is 10.1 Å². The summed E-state index contributed by atoms with van der Waals surface area (Å²) in [5.74, 6) is -0.259. The average Bonchev–Trinajstić information content (AvgIpc) is 3.01. The first kappa shape index (κ1) is 22.3. The first-order valence-electron chi connectivity index (χ1n) is 9.80. The highest BCUT2D eigenvalue weighted by Crippen LogP contribution is 2.48. The summed E-state index contributed by atoms with van der Waals surface area (Å²) >= 11 is 6.14. The number of nitrogens with one attached hydrogen (secondary N) is 1. The Morgan fingerprint density at radius 2 is 2.14 bits per heavy atom. The molecule has 1 amide bonds. The number of carboxylic acids is 1. The fraction of sp³-hybridized carbons (Fsp3) is 0.545. The summed E-state index contributed by atoms with van der Waals surface area (Å²) in [6.45, 7) is 8.05. The van der Waals surface area contributed by atoms with Crippen LogP contribution in [0.25, 0.3) is 0 Å². The summed E-state index contributed by atoms with van der Waals surface area (Å²) in [6.07, 6.45) is 5.35. The van der Waals surface area contributed by atoms with Crippen molar-refractivity contribution in [2.75, 3.05) is 6.61 Å². The Morgan fingerprint density at radius 1 is 1.39 bits per heavy atom. The lowest BCUT2D eigenvalue weighted by Crippen LogP contribution is -2.47. The number of ether oxygens (including phenoxy) is 1. The van der Waals surface area contributed by atoms with Crippen molar-refractivity contribution >= 4 is 23.5 Å². The van der Waals surface area contributed by atoms with Crippen LogP contribution in [0.3, 0.4) is 0 Å². The lowest BCUT2D eigenvalue weighted by atomic mass is 9.80. The maximum absolute atomic E-state index is 12.5. The van der Waals surface area contributed by atoms with E-state index >= 15 is 0 Å². The van der Waals surface area contributed by atoms with Gasteiger partial charge in [0.05, 0.1) is 17.0 Å². The number of hydrogen-bond donors (Lipinski definition) is 2. The summed E-state index contributed by atoms with van der Waals surface area (Å²) in [5.41, 5.74) is -0.220. The van der Waals surface area contributed by atoms with Crippen LogP contribution in [0.15, 0.2) is 30.9 Å². The number of carbonyl (C=O) groups excluding carboxylic acids is 1. The lowest BCUT2D eigenvalue weighted by molar-refractivity contribution is -0.149. The van der Waals surface area contributed by atoms with Crippen LogP contribution in [0.2, 0.25) is 5.02 Å². The van der Waals surface area contributed by atoms with E-state index in [-0.39, 0.29) is 5.91 Å². The predicted octanol–water partition coefficient (Wildman–Crippen LogP) is 4.90. The highest BCUT2D eigenvalue weighted by Gasteiger charge is 2.51. The van der Waals surface area contributed by atoms with E-state index in [0.717, 1.165) is 5.56 Å². The van der Waals surface area contributed by atoms with Gasteiger partial charge in [0.15, 0.2) is 0 Å². The Hall–Kier alpha value is -2.01. The molecule has 1 aromatic carbocycles. The van der Waals surface area contributed by atoms with Gasteiger partial charge in [-0.05, 0) is 63.1 Å². The smallest absolute Gasteiger partial charge is 0.310 e. The zero-order valence-electron chi connectivity index (χ0n) is 16.7. The molecule has 5 nitrogen and oxygen atoms in total. The van der Waals surface area contributed by atoms with E-state index in [1.165, 1.54) is 0 Å². The van der Waals surface area contributed by atoms with E-state index in [0.29, 0.717) is 62.3 Å². The zero-order chi connectivity index (χ0) is 20.8. The van der Waals surface area contributed by atoms with Gasteiger partial charge in [0.1, 0.15) is 5.75 Å². The number of carboxylic acid groups (broad SMARTS) is 1. The Morgan fingerprint density at radius 3 is 2.75 bits per heavy atom. The molecule has 0 spiro atoms. The van der Waals surface area contributed by atoms with Crippen LogP contribution in [0, 0.1) is 12.3 Å². The molecule has 1 aliphatic rings. The third kappa shape index (κ3) is 5.28. The molecule has 0 aliphatic heterocycles. The van der Waals surface area contributed by atoms with Gasteiger partial charge in [-0.25, -0.2) is 0 Å². The second kappa shape index (κ2) is 9.46. The van der Waals surface area contributed by atoms with Gasteiger partial charge in [-0.2, -0.15) is 0 Å². The fourth-order valence-corrected chi connectivity index (χ4v) is 4.31. The summed E-state index contributed by atoms with van der Waals surface area (Å²) in [4.78, 5) is 24.3. The number of aryl methyl sites for hydroxylation is 1. The molecule has 154 valence electrons. The molecular formula is C22H30ClNO4. The molecule has 2 atom stereocenters. The van der Waals surface area contributed by atoms with E-state index in [1.807, 2.05) is 32.0 Å². The monoisotopic (exact) mass is 407 g/mol. The molecule has 6 heteroatoms. The van der Waals surface area contributed by atoms with Crippen LogP contribution in [0.5, 0.6) is 5.75 Å². The zero-order valence-corrected chi connectivity index (χ0v) is 17.5. The highest BCUT2D eigenvalue weighted by atomic mass is 35.5. The van der Waals surface area contributed by atoms with Crippen molar-refractivity contribution in [1.29, 1.82) is 0 Å². The fourth-order valence-electron chi connectivity index (χ4n) is 4.02. The topological polar surface area (TPSA) is 75.6 Å². The third-order valence-electron chi connectivity index (χ3n) is 5.72. The Kier molecular flexibility index (Phi) is 7.53. The van der Waals surface area contributed by atoms with E-state index in [1.54, 1.807) is 6.08 Å². The van der Waals surface area contributed by atoms with E-state index in [2.05, 4.69) is 11.9 Å². The van der Waals surface area contributed by atoms with Gasteiger partial charge in [0.2, 0.25) is 5.91 Å². The van der Waals surface area contributed by atoms with Crippen LogP contribution in [-0.2, 0) is 9.59 Å². The molecule has 0 aromatic heterocycles. The van der Waals surface area contributed by atoms with Gasteiger partial charge in [-0.15, -0.1) is 6.58 Å². The summed E-state index contributed by atoms with van der Waals surface area (Å²) < 4.78 is 5.66. The van der Waals surface area contributed by atoms with Crippen molar-refractivity contribution in [2.24, 2.45) is 5.41 Å². The molecule has 0 radical (unpaired) electrons. The maximum Gasteiger partial charge on any atom is 0.310 e.